The quantitative estimate of drug-likeness (QED) is 0.754. The van der Waals surface area contributed by atoms with Gasteiger partial charge in [-0.05, 0) is 43.5 Å². The van der Waals surface area contributed by atoms with E-state index in [1.54, 1.807) is 14.2 Å². The van der Waals surface area contributed by atoms with Gasteiger partial charge in [-0.15, -0.1) is 0 Å². The molecule has 1 saturated heterocycles. The molecule has 0 aliphatic carbocycles. The number of rotatable bonds is 7. The minimum Gasteiger partial charge on any atom is -0.497 e. The van der Waals surface area contributed by atoms with Crippen LogP contribution in [0.4, 0.5) is 10.5 Å². The van der Waals surface area contributed by atoms with Crippen LogP contribution in [0.1, 0.15) is 19.3 Å². The van der Waals surface area contributed by atoms with Crippen molar-refractivity contribution in [3.8, 4) is 5.75 Å². The van der Waals surface area contributed by atoms with Crippen molar-refractivity contribution in [3.63, 3.8) is 0 Å². The topological polar surface area (TPSA) is 62.8 Å². The fourth-order valence-corrected chi connectivity index (χ4v) is 2.73. The molecule has 1 aliphatic rings. The van der Waals surface area contributed by atoms with E-state index in [2.05, 4.69) is 27.7 Å². The number of urea groups is 1. The van der Waals surface area contributed by atoms with Gasteiger partial charge < -0.3 is 25.0 Å². The number of piperidine rings is 1. The van der Waals surface area contributed by atoms with Crippen LogP contribution in [0.15, 0.2) is 24.3 Å². The Kier molecular flexibility index (Phi) is 7.00. The third-order valence-corrected chi connectivity index (χ3v) is 4.08. The van der Waals surface area contributed by atoms with Gasteiger partial charge in [-0.1, -0.05) is 0 Å². The molecule has 2 rings (SSSR count). The van der Waals surface area contributed by atoms with Gasteiger partial charge in [0.2, 0.25) is 0 Å². The van der Waals surface area contributed by atoms with Gasteiger partial charge in [0, 0.05) is 45.1 Å². The lowest BCUT2D eigenvalue weighted by Crippen LogP contribution is -2.48. The summed E-state index contributed by atoms with van der Waals surface area (Å²) in [4.78, 5) is 14.1. The molecular formula is C17H27N3O3. The monoisotopic (exact) mass is 321 g/mol. The fraction of sp³-hybridized carbons (Fsp3) is 0.588. The van der Waals surface area contributed by atoms with Crippen LogP contribution in [-0.4, -0.2) is 52.5 Å². The number of amides is 2. The smallest absolute Gasteiger partial charge is 0.315 e. The van der Waals surface area contributed by atoms with Gasteiger partial charge in [0.05, 0.1) is 7.11 Å². The second-order valence-corrected chi connectivity index (χ2v) is 5.71. The van der Waals surface area contributed by atoms with E-state index >= 15 is 0 Å². The van der Waals surface area contributed by atoms with Gasteiger partial charge in [-0.25, -0.2) is 4.79 Å². The SMILES string of the molecule is COCCCNC(=O)NC1CCN(c2ccc(OC)cc2)CC1. The summed E-state index contributed by atoms with van der Waals surface area (Å²) in [5.41, 5.74) is 1.20. The molecule has 128 valence electrons. The highest BCUT2D eigenvalue weighted by atomic mass is 16.5. The molecule has 0 bridgehead atoms. The molecule has 6 nitrogen and oxygen atoms in total. The highest BCUT2D eigenvalue weighted by molar-refractivity contribution is 5.74. The number of ether oxygens (including phenoxy) is 2. The molecular weight excluding hydrogens is 294 g/mol. The molecule has 0 radical (unpaired) electrons. The minimum absolute atomic E-state index is 0.0796. The molecule has 23 heavy (non-hydrogen) atoms. The number of methoxy groups -OCH3 is 2. The standard InChI is InChI=1S/C17H27N3O3/c1-22-13-3-10-18-17(21)19-14-8-11-20(12-9-14)15-4-6-16(23-2)7-5-15/h4-7,14H,3,8-13H2,1-2H3,(H2,18,19,21). The molecule has 0 saturated carbocycles. The summed E-state index contributed by atoms with van der Waals surface area (Å²) in [6, 6.07) is 8.28. The fourth-order valence-electron chi connectivity index (χ4n) is 2.73. The summed E-state index contributed by atoms with van der Waals surface area (Å²) in [5, 5.41) is 5.91. The maximum atomic E-state index is 11.8. The van der Waals surface area contributed by atoms with Crippen LogP contribution in [0, 0.1) is 0 Å². The molecule has 0 atom stereocenters. The highest BCUT2D eigenvalue weighted by Gasteiger charge is 2.20. The molecule has 6 heteroatoms. The van der Waals surface area contributed by atoms with Crippen LogP contribution in [0.2, 0.25) is 0 Å². The number of carbonyl (C=O) groups is 1. The summed E-state index contributed by atoms with van der Waals surface area (Å²) in [6.07, 6.45) is 2.74. The average molecular weight is 321 g/mol. The van der Waals surface area contributed by atoms with Crippen LogP contribution in [0.5, 0.6) is 5.75 Å². The number of carbonyl (C=O) groups excluding carboxylic acids is 1. The van der Waals surface area contributed by atoms with Gasteiger partial charge in [0.15, 0.2) is 0 Å². The number of hydrogen-bond donors (Lipinski definition) is 2. The van der Waals surface area contributed by atoms with Crippen molar-refractivity contribution in [2.45, 2.75) is 25.3 Å². The first-order chi connectivity index (χ1) is 11.2. The lowest BCUT2D eigenvalue weighted by atomic mass is 10.0. The second kappa shape index (κ2) is 9.25. The molecule has 0 unspecified atom stereocenters. The zero-order valence-corrected chi connectivity index (χ0v) is 14.0. The summed E-state index contributed by atoms with van der Waals surface area (Å²) in [5.74, 6) is 0.871. The molecule has 1 aromatic carbocycles. The Morgan fingerprint density at radius 2 is 1.91 bits per heavy atom. The van der Waals surface area contributed by atoms with E-state index in [-0.39, 0.29) is 12.1 Å². The van der Waals surface area contributed by atoms with Crippen LogP contribution in [-0.2, 0) is 4.74 Å². The summed E-state index contributed by atoms with van der Waals surface area (Å²) in [6.45, 7) is 3.20. The first-order valence-electron chi connectivity index (χ1n) is 8.15. The molecule has 1 aromatic rings. The Hall–Kier alpha value is -1.95. The van der Waals surface area contributed by atoms with Crippen molar-refractivity contribution < 1.29 is 14.3 Å². The maximum absolute atomic E-state index is 11.8. The average Bonchev–Trinajstić information content (AvgIpc) is 2.59. The van der Waals surface area contributed by atoms with Crippen LogP contribution in [0.3, 0.4) is 0 Å². The van der Waals surface area contributed by atoms with Crippen LogP contribution < -0.4 is 20.3 Å². The largest absolute Gasteiger partial charge is 0.497 e. The van der Waals surface area contributed by atoms with E-state index in [1.807, 2.05) is 12.1 Å². The summed E-state index contributed by atoms with van der Waals surface area (Å²) < 4.78 is 10.1. The van der Waals surface area contributed by atoms with Crippen molar-refractivity contribution in [2.75, 3.05) is 45.4 Å². The van der Waals surface area contributed by atoms with Crippen molar-refractivity contribution in [3.05, 3.63) is 24.3 Å². The minimum atomic E-state index is -0.0796. The Labute approximate surface area is 138 Å². The summed E-state index contributed by atoms with van der Waals surface area (Å²) in [7, 11) is 3.34. The number of nitrogens with zero attached hydrogens (tertiary/aromatic N) is 1. The maximum Gasteiger partial charge on any atom is 0.315 e. The van der Waals surface area contributed by atoms with Gasteiger partial charge >= 0.3 is 6.03 Å². The van der Waals surface area contributed by atoms with Crippen molar-refractivity contribution in [2.24, 2.45) is 0 Å². The Morgan fingerprint density at radius 3 is 2.52 bits per heavy atom. The van der Waals surface area contributed by atoms with E-state index in [0.717, 1.165) is 38.1 Å². The third kappa shape index (κ3) is 5.63. The highest BCUT2D eigenvalue weighted by Crippen LogP contribution is 2.22. The normalized spacial score (nSPS) is 15.3. The molecule has 0 aromatic heterocycles. The van der Waals surface area contributed by atoms with Gasteiger partial charge in [-0.2, -0.15) is 0 Å². The number of benzene rings is 1. The Balaban J connectivity index is 1.69. The lowest BCUT2D eigenvalue weighted by molar-refractivity contribution is 0.193. The van der Waals surface area contributed by atoms with E-state index in [1.165, 1.54) is 5.69 Å². The molecule has 1 heterocycles. The molecule has 2 N–H and O–H groups in total. The zero-order chi connectivity index (χ0) is 16.5. The van der Waals surface area contributed by atoms with Gasteiger partial charge in [0.1, 0.15) is 5.75 Å². The van der Waals surface area contributed by atoms with E-state index in [0.29, 0.717) is 13.2 Å². The van der Waals surface area contributed by atoms with Crippen LogP contribution in [0.25, 0.3) is 0 Å². The summed E-state index contributed by atoms with van der Waals surface area (Å²) >= 11 is 0. The number of anilines is 1. The molecule has 1 aliphatic heterocycles. The third-order valence-electron chi connectivity index (χ3n) is 4.08. The van der Waals surface area contributed by atoms with E-state index in [4.69, 9.17) is 9.47 Å². The van der Waals surface area contributed by atoms with Gasteiger partial charge in [0.25, 0.3) is 0 Å². The first kappa shape index (κ1) is 17.4. The van der Waals surface area contributed by atoms with Crippen LogP contribution >= 0.6 is 0 Å². The van der Waals surface area contributed by atoms with Crippen molar-refractivity contribution in [1.82, 2.24) is 10.6 Å². The zero-order valence-electron chi connectivity index (χ0n) is 14.0. The predicted octanol–water partition coefficient (Wildman–Crippen LogP) is 2.00. The molecule has 0 spiro atoms. The number of hydrogen-bond acceptors (Lipinski definition) is 4. The van der Waals surface area contributed by atoms with Gasteiger partial charge in [-0.3, -0.25) is 0 Å². The molecule has 2 amide bonds. The van der Waals surface area contributed by atoms with E-state index in [9.17, 15) is 4.79 Å². The van der Waals surface area contributed by atoms with Crippen molar-refractivity contribution in [1.29, 1.82) is 0 Å². The predicted molar refractivity (Wildman–Crippen MR) is 91.3 cm³/mol. The Morgan fingerprint density at radius 1 is 1.22 bits per heavy atom. The second-order valence-electron chi connectivity index (χ2n) is 5.71. The first-order valence-corrected chi connectivity index (χ1v) is 8.15. The van der Waals surface area contributed by atoms with Crippen molar-refractivity contribution >= 4 is 11.7 Å². The number of nitrogens with one attached hydrogen (secondary N) is 2. The lowest BCUT2D eigenvalue weighted by Gasteiger charge is -2.34. The Bertz CT molecular complexity index is 470. The molecule has 1 fully saturated rings. The van der Waals surface area contributed by atoms with E-state index < -0.39 is 0 Å².